The lowest BCUT2D eigenvalue weighted by molar-refractivity contribution is -0.384. The molecule has 2 amide bonds. The molecule has 0 aliphatic heterocycles. The van der Waals surface area contributed by atoms with Crippen molar-refractivity contribution in [1.82, 2.24) is 10.6 Å². The van der Waals surface area contributed by atoms with E-state index in [9.17, 15) is 39.5 Å². The number of hydrogen-bond acceptors (Lipinski definition) is 9. The van der Waals surface area contributed by atoms with Gasteiger partial charge in [0.15, 0.2) is 0 Å². The van der Waals surface area contributed by atoms with Crippen molar-refractivity contribution < 1.29 is 43.8 Å². The molecule has 38 heavy (non-hydrogen) atoms. The predicted octanol–water partition coefficient (Wildman–Crippen LogP) is 1.88. The molecule has 4 N–H and O–H groups in total. The molecule has 0 aliphatic rings. The summed E-state index contributed by atoms with van der Waals surface area (Å²) < 4.78 is 9.99. The number of amides is 2. The molecule has 0 saturated heterocycles. The van der Waals surface area contributed by atoms with Crippen LogP contribution in [0.15, 0.2) is 54.6 Å². The van der Waals surface area contributed by atoms with Gasteiger partial charge in [-0.2, -0.15) is 0 Å². The molecule has 0 unspecified atom stereocenters. The number of carboxylic acid groups (broad SMARTS) is 1. The quantitative estimate of drug-likeness (QED) is 0.168. The van der Waals surface area contributed by atoms with Gasteiger partial charge in [-0.25, -0.2) is 9.59 Å². The van der Waals surface area contributed by atoms with E-state index in [0.717, 1.165) is 12.1 Å². The summed E-state index contributed by atoms with van der Waals surface area (Å²) in [6, 6.07) is 10.2. The molecule has 0 radical (unpaired) electrons. The number of nitro groups is 1. The third-order valence-corrected chi connectivity index (χ3v) is 5.44. The number of aliphatic hydroxyl groups is 1. The van der Waals surface area contributed by atoms with Crippen LogP contribution in [0.3, 0.4) is 0 Å². The number of alkyl carbamates (subject to hydrolysis) is 1. The van der Waals surface area contributed by atoms with Crippen molar-refractivity contribution in [2.45, 2.75) is 51.0 Å². The Morgan fingerprint density at radius 1 is 0.974 bits per heavy atom. The van der Waals surface area contributed by atoms with Crippen LogP contribution in [0.1, 0.15) is 37.3 Å². The Balaban J connectivity index is 2.23. The minimum atomic E-state index is -1.73. The lowest BCUT2D eigenvalue weighted by atomic mass is 9.88. The highest BCUT2D eigenvalue weighted by Gasteiger charge is 2.36. The van der Waals surface area contributed by atoms with Crippen LogP contribution in [0.5, 0.6) is 0 Å². The summed E-state index contributed by atoms with van der Waals surface area (Å²) in [6.45, 7) is 2.68. The number of esters is 1. The van der Waals surface area contributed by atoms with Crippen LogP contribution in [0.2, 0.25) is 0 Å². The SMILES string of the molecule is CCOC(=O)C[C@H](c1ccc([N+](=O)[O-])cc1)[C@@H](NC(=O)[C@@H](NC(=O)OCc1ccccc1)[C@@H](C)O)C(=O)O. The van der Waals surface area contributed by atoms with Gasteiger partial charge in [0.1, 0.15) is 18.7 Å². The highest BCUT2D eigenvalue weighted by Crippen LogP contribution is 2.27. The van der Waals surface area contributed by atoms with Gasteiger partial charge in [0.05, 0.1) is 24.1 Å². The fourth-order valence-electron chi connectivity index (χ4n) is 3.55. The first kappa shape index (κ1) is 29.7. The first-order chi connectivity index (χ1) is 18.0. The van der Waals surface area contributed by atoms with Gasteiger partial charge >= 0.3 is 18.0 Å². The van der Waals surface area contributed by atoms with Crippen LogP contribution in [0.25, 0.3) is 0 Å². The number of nitro benzene ring substituents is 1. The maximum atomic E-state index is 13.0. The molecule has 2 aromatic carbocycles. The fourth-order valence-corrected chi connectivity index (χ4v) is 3.55. The minimum Gasteiger partial charge on any atom is -0.480 e. The highest BCUT2D eigenvalue weighted by molar-refractivity contribution is 5.90. The zero-order valence-electron chi connectivity index (χ0n) is 20.7. The van der Waals surface area contributed by atoms with Gasteiger partial charge in [0.25, 0.3) is 5.69 Å². The van der Waals surface area contributed by atoms with Crippen LogP contribution in [0.4, 0.5) is 10.5 Å². The number of carboxylic acids is 1. The van der Waals surface area contributed by atoms with Crippen LogP contribution < -0.4 is 10.6 Å². The summed E-state index contributed by atoms with van der Waals surface area (Å²) in [4.78, 5) is 60.0. The molecule has 204 valence electrons. The van der Waals surface area contributed by atoms with Crippen molar-refractivity contribution in [3.63, 3.8) is 0 Å². The average molecular weight is 532 g/mol. The first-order valence-electron chi connectivity index (χ1n) is 11.6. The monoisotopic (exact) mass is 531 g/mol. The first-order valence-corrected chi connectivity index (χ1v) is 11.6. The lowest BCUT2D eigenvalue weighted by Crippen LogP contribution is -2.57. The topological polar surface area (TPSA) is 194 Å². The molecule has 0 bridgehead atoms. The van der Waals surface area contributed by atoms with Crippen molar-refractivity contribution >= 4 is 29.6 Å². The average Bonchev–Trinajstić information content (AvgIpc) is 2.88. The summed E-state index contributed by atoms with van der Waals surface area (Å²) in [5, 5.41) is 35.5. The van der Waals surface area contributed by atoms with Crippen LogP contribution in [-0.4, -0.2) is 63.9 Å². The number of carbonyl (C=O) groups is 4. The van der Waals surface area contributed by atoms with Gasteiger partial charge in [-0.1, -0.05) is 42.5 Å². The summed E-state index contributed by atoms with van der Waals surface area (Å²) >= 11 is 0. The Kier molecular flexibility index (Phi) is 11.2. The van der Waals surface area contributed by atoms with E-state index < -0.39 is 59.4 Å². The third-order valence-electron chi connectivity index (χ3n) is 5.44. The van der Waals surface area contributed by atoms with Gasteiger partial charge in [-0.15, -0.1) is 0 Å². The maximum absolute atomic E-state index is 13.0. The Labute approximate surface area is 217 Å². The van der Waals surface area contributed by atoms with Crippen molar-refractivity contribution in [1.29, 1.82) is 0 Å². The number of hydrogen-bond donors (Lipinski definition) is 4. The van der Waals surface area contributed by atoms with E-state index in [1.807, 2.05) is 0 Å². The van der Waals surface area contributed by atoms with E-state index in [0.29, 0.717) is 5.56 Å². The van der Waals surface area contributed by atoms with Crippen molar-refractivity contribution in [3.05, 3.63) is 75.8 Å². The molecule has 2 rings (SSSR count). The molecule has 0 aromatic heterocycles. The second kappa shape index (κ2) is 14.3. The van der Waals surface area contributed by atoms with Gasteiger partial charge in [-0.3, -0.25) is 19.7 Å². The van der Waals surface area contributed by atoms with Crippen molar-refractivity contribution in [2.75, 3.05) is 6.61 Å². The number of aliphatic hydroxyl groups excluding tert-OH is 1. The molecule has 0 fully saturated rings. The Hall–Kier alpha value is -4.52. The Bertz CT molecular complexity index is 1120. The van der Waals surface area contributed by atoms with Gasteiger partial charge < -0.3 is 30.3 Å². The van der Waals surface area contributed by atoms with E-state index in [1.165, 1.54) is 19.1 Å². The van der Waals surface area contributed by atoms with Crippen LogP contribution >= 0.6 is 0 Å². The molecule has 4 atom stereocenters. The summed E-state index contributed by atoms with van der Waals surface area (Å²) in [5.41, 5.74) is 0.628. The molecule has 0 heterocycles. The van der Waals surface area contributed by atoms with Gasteiger partial charge in [0.2, 0.25) is 5.91 Å². The summed E-state index contributed by atoms with van der Waals surface area (Å²) in [7, 11) is 0. The van der Waals surface area contributed by atoms with E-state index in [2.05, 4.69) is 10.6 Å². The fraction of sp³-hybridized carbons (Fsp3) is 0.360. The minimum absolute atomic E-state index is 0.0228. The van der Waals surface area contributed by atoms with E-state index in [-0.39, 0.29) is 24.5 Å². The molecule has 0 saturated carbocycles. The number of carbonyl (C=O) groups excluding carboxylic acids is 3. The maximum Gasteiger partial charge on any atom is 0.408 e. The van der Waals surface area contributed by atoms with Crippen molar-refractivity contribution in [3.8, 4) is 0 Å². The standard InChI is InChI=1S/C25H29N3O10/c1-3-37-20(30)13-19(17-9-11-18(12-10-17)28(35)36)22(24(32)33)26-23(31)21(15(2)29)27-25(34)38-14-16-7-5-4-6-8-16/h4-12,15,19,21-22,29H,3,13-14H2,1-2H3,(H,26,31)(H,27,34)(H,32,33)/t15-,19-,21+,22-/m1/s1. The molecule has 0 spiro atoms. The zero-order valence-corrected chi connectivity index (χ0v) is 20.7. The smallest absolute Gasteiger partial charge is 0.408 e. The second-order valence-corrected chi connectivity index (χ2v) is 8.21. The van der Waals surface area contributed by atoms with E-state index in [4.69, 9.17) is 9.47 Å². The largest absolute Gasteiger partial charge is 0.480 e. The molecular weight excluding hydrogens is 502 g/mol. The molecule has 0 aliphatic carbocycles. The Morgan fingerprint density at radius 3 is 2.13 bits per heavy atom. The summed E-state index contributed by atoms with van der Waals surface area (Å²) in [6.07, 6.45) is -2.95. The van der Waals surface area contributed by atoms with Gasteiger partial charge in [0, 0.05) is 18.1 Å². The lowest BCUT2D eigenvalue weighted by Gasteiger charge is -2.27. The highest BCUT2D eigenvalue weighted by atomic mass is 16.6. The van der Waals surface area contributed by atoms with Crippen LogP contribution in [0, 0.1) is 10.1 Å². The van der Waals surface area contributed by atoms with Crippen molar-refractivity contribution in [2.24, 2.45) is 0 Å². The number of benzene rings is 2. The summed E-state index contributed by atoms with van der Waals surface area (Å²) in [5.74, 6) is -4.54. The molecule has 2 aromatic rings. The Morgan fingerprint density at radius 2 is 1.61 bits per heavy atom. The van der Waals surface area contributed by atoms with Gasteiger partial charge in [-0.05, 0) is 25.0 Å². The molecule has 13 nitrogen and oxygen atoms in total. The number of aliphatic carboxylic acids is 1. The number of nitrogens with one attached hydrogen (secondary N) is 2. The van der Waals surface area contributed by atoms with E-state index >= 15 is 0 Å². The normalized spacial score (nSPS) is 13.8. The predicted molar refractivity (Wildman–Crippen MR) is 132 cm³/mol. The number of rotatable bonds is 13. The van der Waals surface area contributed by atoms with E-state index in [1.54, 1.807) is 37.3 Å². The molecule has 13 heteroatoms. The number of non-ortho nitro benzene ring substituents is 1. The number of nitrogens with zero attached hydrogens (tertiary/aromatic N) is 1. The zero-order chi connectivity index (χ0) is 28.2. The second-order valence-electron chi connectivity index (χ2n) is 8.21. The third kappa shape index (κ3) is 8.85. The van der Waals surface area contributed by atoms with Crippen LogP contribution in [-0.2, 0) is 30.5 Å². The number of ether oxygens (including phenoxy) is 2. The molecular formula is C25H29N3O10.